The third kappa shape index (κ3) is 12.4. The van der Waals surface area contributed by atoms with Gasteiger partial charge < -0.3 is 38.3 Å². The van der Waals surface area contributed by atoms with Crippen molar-refractivity contribution in [2.45, 2.75) is 84.0 Å². The lowest BCUT2D eigenvalue weighted by molar-refractivity contribution is -0.144. The topological polar surface area (TPSA) is 215 Å². The highest BCUT2D eigenvalue weighted by Gasteiger charge is 2.33. The molecule has 0 fully saturated rings. The fourth-order valence-electron chi connectivity index (χ4n) is 3.32. The standard InChI is InChI=1S/C23H45N7O5S/c1-6-13(3)17(21(33)30-18(22(34)35)14(4)7-2)29-20(32)16(10-12-36-5)28-19(31)15(24)9-8-11-27-23(25)26/h13-18H,6-12,24H2,1-5H3,(H,28,31)(H,29,32)(H,30,33)(H,34,35)(H4,25,26,27). The number of carboxylic acid groups (broad SMARTS) is 1. The van der Waals surface area contributed by atoms with Crippen molar-refractivity contribution in [1.29, 1.82) is 0 Å². The van der Waals surface area contributed by atoms with E-state index in [0.29, 0.717) is 44.4 Å². The molecule has 0 rings (SSSR count). The van der Waals surface area contributed by atoms with Crippen LogP contribution in [0.4, 0.5) is 0 Å². The van der Waals surface area contributed by atoms with E-state index in [4.69, 9.17) is 17.2 Å². The molecule has 13 heteroatoms. The number of nitrogens with zero attached hydrogens (tertiary/aromatic N) is 1. The van der Waals surface area contributed by atoms with Crippen LogP contribution in [-0.2, 0) is 19.2 Å². The molecule has 12 nitrogen and oxygen atoms in total. The van der Waals surface area contributed by atoms with Crippen LogP contribution in [0.25, 0.3) is 0 Å². The van der Waals surface area contributed by atoms with E-state index in [0.717, 1.165) is 0 Å². The third-order valence-corrected chi connectivity index (χ3v) is 6.76. The Morgan fingerprint density at radius 2 is 1.44 bits per heavy atom. The molecule has 0 aliphatic heterocycles. The average molecular weight is 532 g/mol. The molecule has 36 heavy (non-hydrogen) atoms. The number of nitrogens with one attached hydrogen (secondary N) is 3. The predicted octanol–water partition coefficient (Wildman–Crippen LogP) is -0.248. The van der Waals surface area contributed by atoms with E-state index in [2.05, 4.69) is 20.9 Å². The van der Waals surface area contributed by atoms with Crippen molar-refractivity contribution < 1.29 is 24.3 Å². The summed E-state index contributed by atoms with van der Waals surface area (Å²) in [6.07, 6.45) is 4.16. The average Bonchev–Trinajstić information content (AvgIpc) is 2.84. The number of nitrogens with two attached hydrogens (primary N) is 3. The van der Waals surface area contributed by atoms with E-state index in [-0.39, 0.29) is 17.8 Å². The highest BCUT2D eigenvalue weighted by atomic mass is 32.2. The summed E-state index contributed by atoms with van der Waals surface area (Å²) in [7, 11) is 0. The minimum absolute atomic E-state index is 0.0412. The van der Waals surface area contributed by atoms with Crippen molar-refractivity contribution in [3.63, 3.8) is 0 Å². The van der Waals surface area contributed by atoms with E-state index in [1.54, 1.807) is 13.8 Å². The molecule has 0 aliphatic rings. The molecule has 0 bridgehead atoms. The van der Waals surface area contributed by atoms with Crippen molar-refractivity contribution in [3.05, 3.63) is 0 Å². The number of amides is 3. The Morgan fingerprint density at radius 1 is 0.889 bits per heavy atom. The maximum atomic E-state index is 13.2. The zero-order valence-electron chi connectivity index (χ0n) is 22.1. The lowest BCUT2D eigenvalue weighted by Crippen LogP contribution is -2.59. The molecule has 0 saturated heterocycles. The van der Waals surface area contributed by atoms with E-state index < -0.39 is 47.9 Å². The smallest absolute Gasteiger partial charge is 0.326 e. The van der Waals surface area contributed by atoms with Crippen LogP contribution >= 0.6 is 11.8 Å². The summed E-state index contributed by atoms with van der Waals surface area (Å²) in [4.78, 5) is 54.4. The molecule has 6 atom stereocenters. The minimum Gasteiger partial charge on any atom is -0.480 e. The Kier molecular flexibility index (Phi) is 16.6. The first-order valence-electron chi connectivity index (χ1n) is 12.3. The molecule has 208 valence electrons. The van der Waals surface area contributed by atoms with E-state index in [1.807, 2.05) is 20.1 Å². The normalized spacial score (nSPS) is 15.9. The van der Waals surface area contributed by atoms with Crippen LogP contribution in [0.5, 0.6) is 0 Å². The van der Waals surface area contributed by atoms with Gasteiger partial charge in [-0.15, -0.1) is 0 Å². The maximum Gasteiger partial charge on any atom is 0.326 e. The van der Waals surface area contributed by atoms with Crippen LogP contribution < -0.4 is 33.2 Å². The Labute approximate surface area is 218 Å². The molecule has 0 aromatic rings. The second-order valence-electron chi connectivity index (χ2n) is 8.98. The number of carboxylic acids is 1. The summed E-state index contributed by atoms with van der Waals surface area (Å²) in [6, 6.07) is -3.80. The van der Waals surface area contributed by atoms with Crippen molar-refractivity contribution in [2.24, 2.45) is 34.0 Å². The van der Waals surface area contributed by atoms with Crippen LogP contribution in [0.3, 0.4) is 0 Å². The van der Waals surface area contributed by atoms with Gasteiger partial charge in [-0.1, -0.05) is 40.5 Å². The highest BCUT2D eigenvalue weighted by Crippen LogP contribution is 2.13. The quantitative estimate of drug-likeness (QED) is 0.0704. The number of carbonyl (C=O) groups is 4. The predicted molar refractivity (Wildman–Crippen MR) is 143 cm³/mol. The number of aliphatic imine (C=N–C) groups is 1. The van der Waals surface area contributed by atoms with Crippen molar-refractivity contribution in [1.82, 2.24) is 16.0 Å². The fourth-order valence-corrected chi connectivity index (χ4v) is 3.79. The van der Waals surface area contributed by atoms with E-state index in [9.17, 15) is 24.3 Å². The third-order valence-electron chi connectivity index (χ3n) is 6.12. The van der Waals surface area contributed by atoms with Gasteiger partial charge in [0.25, 0.3) is 0 Å². The zero-order valence-corrected chi connectivity index (χ0v) is 22.9. The molecule has 0 aromatic carbocycles. The van der Waals surface area contributed by atoms with Gasteiger partial charge in [-0.2, -0.15) is 11.8 Å². The zero-order chi connectivity index (χ0) is 27.8. The van der Waals surface area contributed by atoms with Gasteiger partial charge in [-0.25, -0.2) is 4.79 Å². The van der Waals surface area contributed by atoms with Gasteiger partial charge in [0, 0.05) is 6.54 Å². The van der Waals surface area contributed by atoms with Crippen LogP contribution in [0.2, 0.25) is 0 Å². The van der Waals surface area contributed by atoms with Crippen molar-refractivity contribution in [3.8, 4) is 0 Å². The van der Waals surface area contributed by atoms with Gasteiger partial charge in [0.15, 0.2) is 5.96 Å². The Balaban J connectivity index is 5.45. The number of hydrogen-bond acceptors (Lipinski definition) is 7. The fraction of sp³-hybridized carbons (Fsp3) is 0.783. The van der Waals surface area contributed by atoms with Crippen LogP contribution in [-0.4, -0.2) is 77.5 Å². The molecule has 6 unspecified atom stereocenters. The summed E-state index contributed by atoms with van der Waals surface area (Å²) in [6.45, 7) is 7.58. The van der Waals surface area contributed by atoms with E-state index in [1.165, 1.54) is 11.8 Å². The summed E-state index contributed by atoms with van der Waals surface area (Å²) >= 11 is 1.51. The maximum absolute atomic E-state index is 13.2. The van der Waals surface area contributed by atoms with Crippen LogP contribution in [0.1, 0.15) is 59.8 Å². The molecule has 3 amide bonds. The Morgan fingerprint density at radius 3 is 1.94 bits per heavy atom. The number of thioether (sulfide) groups is 1. The molecule has 0 radical (unpaired) electrons. The van der Waals surface area contributed by atoms with Gasteiger partial charge in [0.05, 0.1) is 6.04 Å². The number of carbonyl (C=O) groups excluding carboxylic acids is 3. The van der Waals surface area contributed by atoms with E-state index >= 15 is 0 Å². The van der Waals surface area contributed by atoms with Gasteiger partial charge in [-0.05, 0) is 43.1 Å². The molecular formula is C23H45N7O5S. The number of guanidine groups is 1. The van der Waals surface area contributed by atoms with Gasteiger partial charge in [0.2, 0.25) is 17.7 Å². The monoisotopic (exact) mass is 531 g/mol. The van der Waals surface area contributed by atoms with Gasteiger partial charge in [-0.3, -0.25) is 19.4 Å². The number of rotatable bonds is 18. The molecule has 10 N–H and O–H groups in total. The van der Waals surface area contributed by atoms with Crippen LogP contribution in [0, 0.1) is 11.8 Å². The number of aliphatic carboxylic acids is 1. The molecule has 0 aliphatic carbocycles. The molecule has 0 spiro atoms. The van der Waals surface area contributed by atoms with Gasteiger partial charge in [0.1, 0.15) is 18.1 Å². The summed E-state index contributed by atoms with van der Waals surface area (Å²) in [5.74, 6) is -2.73. The van der Waals surface area contributed by atoms with Crippen LogP contribution in [0.15, 0.2) is 4.99 Å². The Hall–Kier alpha value is -2.54. The summed E-state index contributed by atoms with van der Waals surface area (Å²) in [5, 5.41) is 17.5. The molecule has 0 aromatic heterocycles. The summed E-state index contributed by atoms with van der Waals surface area (Å²) < 4.78 is 0. The first-order valence-corrected chi connectivity index (χ1v) is 13.7. The minimum atomic E-state index is -1.13. The van der Waals surface area contributed by atoms with Crippen molar-refractivity contribution in [2.75, 3.05) is 18.6 Å². The first-order chi connectivity index (χ1) is 16.9. The lowest BCUT2D eigenvalue weighted by atomic mass is 9.95. The van der Waals surface area contributed by atoms with Gasteiger partial charge >= 0.3 is 5.97 Å². The van der Waals surface area contributed by atoms with Crippen molar-refractivity contribution >= 4 is 41.4 Å². The summed E-state index contributed by atoms with van der Waals surface area (Å²) in [5.41, 5.74) is 16.5. The first kappa shape index (κ1) is 33.5. The second kappa shape index (κ2) is 17.8. The molecular weight excluding hydrogens is 486 g/mol. The largest absolute Gasteiger partial charge is 0.480 e. The second-order valence-corrected chi connectivity index (χ2v) is 9.97. The lowest BCUT2D eigenvalue weighted by Gasteiger charge is -2.29. The Bertz CT molecular complexity index is 748. The molecule has 0 heterocycles. The molecule has 0 saturated carbocycles. The number of hydrogen-bond donors (Lipinski definition) is 7. The highest BCUT2D eigenvalue weighted by molar-refractivity contribution is 7.98. The SMILES string of the molecule is CCC(C)C(NC(=O)C(NC(=O)C(CCSC)NC(=O)C(N)CCCN=C(N)N)C(C)CC)C(=O)O.